The van der Waals surface area contributed by atoms with E-state index in [0.717, 1.165) is 54.6 Å². The number of rotatable bonds is 8. The molecule has 2 N–H and O–H groups in total. The Morgan fingerprint density at radius 2 is 1.89 bits per heavy atom. The Morgan fingerprint density at radius 3 is 2.53 bits per heavy atom. The van der Waals surface area contributed by atoms with Gasteiger partial charge in [0.15, 0.2) is 5.85 Å². The van der Waals surface area contributed by atoms with Crippen molar-refractivity contribution in [1.29, 1.82) is 0 Å². The third-order valence-electron chi connectivity index (χ3n) is 7.99. The molecule has 2 aromatic rings. The van der Waals surface area contributed by atoms with Gasteiger partial charge in [-0.3, -0.25) is 9.69 Å². The molecule has 2 fully saturated rings. The minimum atomic E-state index is -0.763. The number of aliphatic carboxylic acids is 1. The fourth-order valence-corrected chi connectivity index (χ4v) is 6.87. The van der Waals surface area contributed by atoms with Gasteiger partial charge in [0.1, 0.15) is 11.2 Å². The highest BCUT2D eigenvalue weighted by atomic mass is 31.1. The summed E-state index contributed by atoms with van der Waals surface area (Å²) in [4.78, 5) is 19.8. The lowest BCUT2D eigenvalue weighted by Gasteiger charge is -2.38. The molecule has 5 rings (SSSR count). The lowest BCUT2D eigenvalue weighted by Crippen LogP contribution is -2.46. The SMILES string of the molecule is COCC1(C(=O)O)CCN(Cc2ccc(C3=NOC(c4ccc(C5CCCC5)c(O)c4)P3)cc2)CC1. The van der Waals surface area contributed by atoms with Crippen LogP contribution in [0.15, 0.2) is 47.6 Å². The van der Waals surface area contributed by atoms with Crippen LogP contribution < -0.4 is 0 Å². The van der Waals surface area contributed by atoms with Crippen LogP contribution >= 0.6 is 8.58 Å². The molecule has 3 aliphatic rings. The minimum Gasteiger partial charge on any atom is -0.508 e. The fourth-order valence-electron chi connectivity index (χ4n) is 5.73. The van der Waals surface area contributed by atoms with E-state index >= 15 is 0 Å². The smallest absolute Gasteiger partial charge is 0.312 e. The first-order valence-electron chi connectivity index (χ1n) is 12.8. The number of piperidine rings is 1. The van der Waals surface area contributed by atoms with Gasteiger partial charge >= 0.3 is 5.97 Å². The number of carboxylic acids is 1. The molecule has 1 saturated carbocycles. The quantitative estimate of drug-likeness (QED) is 0.460. The van der Waals surface area contributed by atoms with Crippen LogP contribution in [0.5, 0.6) is 5.75 Å². The van der Waals surface area contributed by atoms with E-state index < -0.39 is 11.4 Å². The summed E-state index contributed by atoms with van der Waals surface area (Å²) < 4.78 is 5.20. The molecule has 0 radical (unpaired) electrons. The molecule has 2 aliphatic heterocycles. The number of ether oxygens (including phenoxy) is 1. The third kappa shape index (κ3) is 5.29. The van der Waals surface area contributed by atoms with Crippen molar-refractivity contribution >= 4 is 20.0 Å². The Bertz CT molecular complexity index is 1110. The topological polar surface area (TPSA) is 91.6 Å². The lowest BCUT2D eigenvalue weighted by atomic mass is 9.79. The molecule has 0 amide bonds. The molecule has 36 heavy (non-hydrogen) atoms. The first-order chi connectivity index (χ1) is 17.5. The second-order valence-electron chi connectivity index (χ2n) is 10.4. The van der Waals surface area contributed by atoms with Crippen LogP contribution in [0.4, 0.5) is 0 Å². The normalized spacial score (nSPS) is 23.0. The number of phenolic OH excluding ortho intramolecular Hbond substituents is 1. The van der Waals surface area contributed by atoms with Gasteiger partial charge in [-0.1, -0.05) is 54.4 Å². The van der Waals surface area contributed by atoms with Gasteiger partial charge in [-0.2, -0.15) is 0 Å². The number of hydrogen-bond donors (Lipinski definition) is 2. The predicted octanol–water partition coefficient (Wildman–Crippen LogP) is 5.43. The molecule has 2 atom stereocenters. The number of nitrogens with zero attached hydrogens (tertiary/aromatic N) is 2. The first kappa shape index (κ1) is 25.2. The van der Waals surface area contributed by atoms with Crippen LogP contribution in [0, 0.1) is 5.41 Å². The van der Waals surface area contributed by atoms with E-state index in [1.807, 2.05) is 6.07 Å². The first-order valence-corrected chi connectivity index (χ1v) is 13.9. The standard InChI is InChI=1S/C28H35N2O5P/c1-34-18-28(27(32)33)12-14-30(15-13-28)17-19-6-8-21(9-7-19)25-29-35-26(36-25)22-10-11-23(24(31)16-22)20-4-2-3-5-20/h6-11,16,20,26,31,36H,2-5,12-15,17-18H2,1H3,(H,32,33). The van der Waals surface area contributed by atoms with Crippen molar-refractivity contribution < 1.29 is 24.6 Å². The van der Waals surface area contributed by atoms with Gasteiger partial charge < -0.3 is 19.8 Å². The van der Waals surface area contributed by atoms with E-state index in [9.17, 15) is 15.0 Å². The number of carbonyl (C=O) groups is 1. The van der Waals surface area contributed by atoms with Crippen molar-refractivity contribution in [3.63, 3.8) is 0 Å². The van der Waals surface area contributed by atoms with Crippen molar-refractivity contribution in [1.82, 2.24) is 4.90 Å². The van der Waals surface area contributed by atoms with Crippen LogP contribution in [0.1, 0.15) is 72.5 Å². The highest BCUT2D eigenvalue weighted by Crippen LogP contribution is 2.46. The number of benzene rings is 2. The van der Waals surface area contributed by atoms with Crippen LogP contribution in [0.3, 0.4) is 0 Å². The monoisotopic (exact) mass is 510 g/mol. The van der Waals surface area contributed by atoms with Crippen LogP contribution in [-0.2, 0) is 20.9 Å². The summed E-state index contributed by atoms with van der Waals surface area (Å²) in [5.74, 6) is -0.0531. The van der Waals surface area contributed by atoms with E-state index in [-0.39, 0.29) is 12.5 Å². The number of aromatic hydroxyl groups is 1. The molecular formula is C28H35N2O5P. The number of phenols is 1. The zero-order valence-electron chi connectivity index (χ0n) is 20.8. The predicted molar refractivity (Wildman–Crippen MR) is 141 cm³/mol. The molecule has 0 aromatic heterocycles. The summed E-state index contributed by atoms with van der Waals surface area (Å²) in [5.41, 5.74) is 4.46. The lowest BCUT2D eigenvalue weighted by molar-refractivity contribution is -0.156. The fraction of sp³-hybridized carbons (Fsp3) is 0.500. The van der Waals surface area contributed by atoms with Gasteiger partial charge in [-0.15, -0.1) is 0 Å². The second-order valence-corrected chi connectivity index (χ2v) is 11.6. The Morgan fingerprint density at radius 1 is 1.17 bits per heavy atom. The molecule has 192 valence electrons. The summed E-state index contributed by atoms with van der Waals surface area (Å²) >= 11 is 0. The van der Waals surface area contributed by atoms with Gasteiger partial charge in [0.25, 0.3) is 0 Å². The Balaban J connectivity index is 1.16. The van der Waals surface area contributed by atoms with Gasteiger partial charge in [0.05, 0.1) is 12.0 Å². The molecule has 2 heterocycles. The Labute approximate surface area is 214 Å². The number of oxime groups is 1. The number of likely N-dealkylation sites (tertiary alicyclic amines) is 1. The van der Waals surface area contributed by atoms with Crippen LogP contribution in [0.2, 0.25) is 0 Å². The van der Waals surface area contributed by atoms with E-state index in [0.29, 0.717) is 33.1 Å². The molecule has 8 heteroatoms. The van der Waals surface area contributed by atoms with E-state index in [1.54, 1.807) is 7.11 Å². The highest BCUT2D eigenvalue weighted by molar-refractivity contribution is 7.59. The summed E-state index contributed by atoms with van der Waals surface area (Å²) in [5, 5.41) is 24.6. The summed E-state index contributed by atoms with van der Waals surface area (Å²) in [6, 6.07) is 14.4. The zero-order valence-corrected chi connectivity index (χ0v) is 21.8. The molecule has 2 aromatic carbocycles. The molecule has 1 saturated heterocycles. The van der Waals surface area contributed by atoms with Crippen molar-refractivity contribution in [2.45, 2.75) is 56.8 Å². The zero-order chi connectivity index (χ0) is 25.1. The van der Waals surface area contributed by atoms with Gasteiger partial charge in [0.2, 0.25) is 0 Å². The van der Waals surface area contributed by atoms with Crippen LogP contribution in [-0.4, -0.2) is 53.3 Å². The van der Waals surface area contributed by atoms with E-state index in [4.69, 9.17) is 9.57 Å². The molecule has 1 aliphatic carbocycles. The van der Waals surface area contributed by atoms with Crippen molar-refractivity contribution in [3.8, 4) is 5.75 Å². The Kier molecular flexibility index (Phi) is 7.61. The molecule has 0 spiro atoms. The summed E-state index contributed by atoms with van der Waals surface area (Å²) in [6.45, 7) is 2.55. The number of carboxylic acid groups (broad SMARTS) is 1. The van der Waals surface area contributed by atoms with E-state index in [2.05, 4.69) is 46.5 Å². The largest absolute Gasteiger partial charge is 0.508 e. The average Bonchev–Trinajstić information content (AvgIpc) is 3.59. The second kappa shape index (κ2) is 10.9. The molecule has 2 unspecified atom stereocenters. The van der Waals surface area contributed by atoms with Gasteiger partial charge in [0, 0.05) is 24.8 Å². The van der Waals surface area contributed by atoms with E-state index in [1.165, 1.54) is 18.4 Å². The third-order valence-corrected chi connectivity index (χ3v) is 9.34. The number of methoxy groups -OCH3 is 1. The summed E-state index contributed by atoms with van der Waals surface area (Å²) in [7, 11) is 1.95. The molecular weight excluding hydrogens is 475 g/mol. The highest BCUT2D eigenvalue weighted by Gasteiger charge is 2.41. The van der Waals surface area contributed by atoms with Gasteiger partial charge in [-0.05, 0) is 70.5 Å². The van der Waals surface area contributed by atoms with Crippen molar-refractivity contribution in [3.05, 3.63) is 64.7 Å². The molecule has 0 bridgehead atoms. The van der Waals surface area contributed by atoms with Crippen molar-refractivity contribution in [2.24, 2.45) is 10.6 Å². The Hall–Kier alpha value is -2.47. The maximum absolute atomic E-state index is 11.8. The van der Waals surface area contributed by atoms with Gasteiger partial charge in [-0.25, -0.2) is 0 Å². The minimum absolute atomic E-state index is 0.154. The number of hydrogen-bond acceptors (Lipinski definition) is 6. The summed E-state index contributed by atoms with van der Waals surface area (Å²) in [6.07, 6.45) is 6.00. The average molecular weight is 511 g/mol. The van der Waals surface area contributed by atoms with Crippen molar-refractivity contribution in [2.75, 3.05) is 26.8 Å². The molecule has 7 nitrogen and oxygen atoms in total. The van der Waals surface area contributed by atoms with Crippen LogP contribution in [0.25, 0.3) is 0 Å². The maximum atomic E-state index is 11.8. The maximum Gasteiger partial charge on any atom is 0.312 e.